The van der Waals surface area contributed by atoms with E-state index in [2.05, 4.69) is 60.6 Å². The molecule has 30 heavy (non-hydrogen) atoms. The summed E-state index contributed by atoms with van der Waals surface area (Å²) < 4.78 is 11.4. The molecule has 0 bridgehead atoms. The first-order valence-corrected chi connectivity index (χ1v) is 13.1. The third kappa shape index (κ3) is 11.1. The fourth-order valence-electron chi connectivity index (χ4n) is 3.50. The van der Waals surface area contributed by atoms with Crippen LogP contribution in [0, 0.1) is 0 Å². The van der Waals surface area contributed by atoms with Crippen LogP contribution < -0.4 is 4.52 Å². The van der Waals surface area contributed by atoms with Crippen molar-refractivity contribution in [2.75, 3.05) is 6.61 Å². The Morgan fingerprint density at radius 3 is 1.80 bits per heavy atom. The Hall–Kier alpha value is -0.630. The van der Waals surface area contributed by atoms with Crippen LogP contribution in [0.25, 0.3) is 0 Å². The molecule has 1 aromatic carbocycles. The smallest absolute Gasteiger partial charge is 0.394 e. The predicted octanol–water partition coefficient (Wildman–Crippen LogP) is 8.82. The second-order valence-electron chi connectivity index (χ2n) is 10.6. The van der Waals surface area contributed by atoms with Gasteiger partial charge in [-0.25, -0.2) is 0 Å². The molecular formula is C26H47O3P. The van der Waals surface area contributed by atoms with E-state index in [-0.39, 0.29) is 10.8 Å². The van der Waals surface area contributed by atoms with Crippen molar-refractivity contribution in [3.8, 4) is 5.75 Å². The molecule has 1 N–H and O–H groups in total. The Kier molecular flexibility index (Phi) is 12.5. The second kappa shape index (κ2) is 13.7. The van der Waals surface area contributed by atoms with Gasteiger partial charge in [-0.15, -0.1) is 0 Å². The largest absolute Gasteiger partial charge is 0.427 e. The summed E-state index contributed by atoms with van der Waals surface area (Å²) >= 11 is 0. The van der Waals surface area contributed by atoms with Gasteiger partial charge in [-0.05, 0) is 28.9 Å². The highest BCUT2D eigenvalue weighted by molar-refractivity contribution is 7.41. The molecule has 1 rings (SSSR count). The van der Waals surface area contributed by atoms with Crippen molar-refractivity contribution >= 4 is 8.60 Å². The molecule has 1 unspecified atom stereocenters. The number of benzene rings is 1. The van der Waals surface area contributed by atoms with Gasteiger partial charge in [0, 0.05) is 5.56 Å². The fourth-order valence-corrected chi connectivity index (χ4v) is 4.17. The summed E-state index contributed by atoms with van der Waals surface area (Å²) in [5.74, 6) is 0.729. The summed E-state index contributed by atoms with van der Waals surface area (Å²) in [6, 6.07) is 6.29. The number of hydrogen-bond acceptors (Lipinski definition) is 3. The van der Waals surface area contributed by atoms with Crippen LogP contribution in [0.1, 0.15) is 124 Å². The first kappa shape index (κ1) is 27.4. The van der Waals surface area contributed by atoms with Crippen LogP contribution in [0.5, 0.6) is 5.75 Å². The van der Waals surface area contributed by atoms with Crippen LogP contribution in [-0.4, -0.2) is 11.5 Å². The SMILES string of the molecule is CCCCCCCCCCCCOP(O)Oc1ccc(C(C)(C)C)cc1C(C)(C)C. The first-order chi connectivity index (χ1) is 14.1. The van der Waals surface area contributed by atoms with E-state index in [4.69, 9.17) is 9.05 Å². The molecule has 0 aliphatic rings. The summed E-state index contributed by atoms with van der Waals surface area (Å²) in [7, 11) is -1.89. The van der Waals surface area contributed by atoms with Crippen molar-refractivity contribution in [2.45, 2.75) is 124 Å². The molecule has 0 aliphatic heterocycles. The molecule has 0 saturated carbocycles. The average molecular weight is 439 g/mol. The lowest BCUT2D eigenvalue weighted by atomic mass is 9.80. The third-order valence-corrected chi connectivity index (χ3v) is 6.29. The van der Waals surface area contributed by atoms with Crippen LogP contribution in [-0.2, 0) is 15.4 Å². The molecule has 0 saturated heterocycles. The van der Waals surface area contributed by atoms with Crippen LogP contribution >= 0.6 is 8.60 Å². The van der Waals surface area contributed by atoms with Crippen LogP contribution in [0.3, 0.4) is 0 Å². The lowest BCUT2D eigenvalue weighted by Gasteiger charge is -2.27. The van der Waals surface area contributed by atoms with Gasteiger partial charge in [-0.3, -0.25) is 0 Å². The van der Waals surface area contributed by atoms with Crippen molar-refractivity contribution in [2.24, 2.45) is 0 Å². The van der Waals surface area contributed by atoms with Crippen molar-refractivity contribution in [1.82, 2.24) is 0 Å². The number of unbranched alkanes of at least 4 members (excludes halogenated alkanes) is 9. The first-order valence-electron chi connectivity index (χ1n) is 12.0. The monoisotopic (exact) mass is 438 g/mol. The molecule has 0 amide bonds. The van der Waals surface area contributed by atoms with Crippen LogP contribution in [0.4, 0.5) is 0 Å². The van der Waals surface area contributed by atoms with E-state index in [0.29, 0.717) is 6.61 Å². The zero-order valence-corrected chi connectivity index (χ0v) is 21.6. The van der Waals surface area contributed by atoms with Crippen molar-refractivity contribution in [3.05, 3.63) is 29.3 Å². The molecule has 0 aromatic heterocycles. The van der Waals surface area contributed by atoms with Gasteiger partial charge in [-0.2, -0.15) is 0 Å². The molecule has 0 aliphatic carbocycles. The zero-order valence-electron chi connectivity index (χ0n) is 20.7. The summed E-state index contributed by atoms with van der Waals surface area (Å²) in [6.07, 6.45) is 12.9. The Balaban J connectivity index is 2.35. The summed E-state index contributed by atoms with van der Waals surface area (Å²) in [6.45, 7) is 16.0. The molecule has 1 atom stereocenters. The van der Waals surface area contributed by atoms with E-state index in [1.165, 1.54) is 56.9 Å². The van der Waals surface area contributed by atoms with Gasteiger partial charge in [-0.1, -0.05) is 118 Å². The highest BCUT2D eigenvalue weighted by Crippen LogP contribution is 2.42. The second-order valence-corrected chi connectivity index (χ2v) is 11.5. The van der Waals surface area contributed by atoms with Gasteiger partial charge < -0.3 is 13.9 Å². The van der Waals surface area contributed by atoms with Gasteiger partial charge in [0.2, 0.25) is 0 Å². The topological polar surface area (TPSA) is 38.7 Å². The highest BCUT2D eigenvalue weighted by atomic mass is 31.2. The Morgan fingerprint density at radius 2 is 1.30 bits per heavy atom. The van der Waals surface area contributed by atoms with Gasteiger partial charge in [0.25, 0.3) is 0 Å². The number of hydrogen-bond donors (Lipinski definition) is 1. The lowest BCUT2D eigenvalue weighted by molar-refractivity contribution is 0.252. The predicted molar refractivity (Wildman–Crippen MR) is 131 cm³/mol. The maximum absolute atomic E-state index is 10.3. The van der Waals surface area contributed by atoms with E-state index < -0.39 is 8.60 Å². The molecule has 0 spiro atoms. The summed E-state index contributed by atoms with van der Waals surface area (Å²) in [5.41, 5.74) is 2.39. The van der Waals surface area contributed by atoms with Gasteiger partial charge in [0.05, 0.1) is 6.61 Å². The van der Waals surface area contributed by atoms with Crippen LogP contribution in [0.2, 0.25) is 0 Å². The molecule has 1 aromatic rings. The maximum Gasteiger partial charge on any atom is 0.394 e. The molecule has 174 valence electrons. The molecule has 4 heteroatoms. The molecule has 0 fully saturated rings. The fraction of sp³-hybridized carbons (Fsp3) is 0.769. The van der Waals surface area contributed by atoms with E-state index in [1.54, 1.807) is 0 Å². The quantitative estimate of drug-likeness (QED) is 0.233. The molecule has 3 nitrogen and oxygen atoms in total. The molecule has 0 heterocycles. The number of rotatable bonds is 14. The van der Waals surface area contributed by atoms with Crippen molar-refractivity contribution in [3.63, 3.8) is 0 Å². The standard InChI is InChI=1S/C26H47O3P/c1-8-9-10-11-12-13-14-15-16-17-20-28-30(27)29-24-19-18-22(25(2,3)4)21-23(24)26(5,6)7/h18-19,21,27H,8-17,20H2,1-7H3. The van der Waals surface area contributed by atoms with Gasteiger partial charge in [0.1, 0.15) is 5.75 Å². The lowest BCUT2D eigenvalue weighted by Crippen LogP contribution is -2.17. The van der Waals surface area contributed by atoms with E-state index in [9.17, 15) is 4.89 Å². The van der Waals surface area contributed by atoms with Gasteiger partial charge >= 0.3 is 8.60 Å². The Morgan fingerprint density at radius 1 is 0.767 bits per heavy atom. The van der Waals surface area contributed by atoms with E-state index in [0.717, 1.165) is 24.2 Å². The zero-order chi connectivity index (χ0) is 22.6. The Bertz CT molecular complexity index is 587. The molecule has 0 radical (unpaired) electrons. The van der Waals surface area contributed by atoms with Crippen LogP contribution in [0.15, 0.2) is 18.2 Å². The normalized spacial score (nSPS) is 13.5. The van der Waals surface area contributed by atoms with Gasteiger partial charge in [0.15, 0.2) is 0 Å². The Labute approximate surface area is 188 Å². The molecular weight excluding hydrogens is 391 g/mol. The minimum Gasteiger partial charge on any atom is -0.427 e. The minimum atomic E-state index is -1.89. The highest BCUT2D eigenvalue weighted by Gasteiger charge is 2.24. The van der Waals surface area contributed by atoms with Crippen molar-refractivity contribution < 1.29 is 13.9 Å². The van der Waals surface area contributed by atoms with E-state index in [1.807, 2.05) is 6.07 Å². The van der Waals surface area contributed by atoms with E-state index >= 15 is 0 Å². The maximum atomic E-state index is 10.3. The third-order valence-electron chi connectivity index (χ3n) is 5.53. The average Bonchev–Trinajstić information content (AvgIpc) is 2.64. The van der Waals surface area contributed by atoms with Crippen molar-refractivity contribution in [1.29, 1.82) is 0 Å². The summed E-state index contributed by atoms with van der Waals surface area (Å²) in [4.78, 5) is 10.3. The minimum absolute atomic E-state index is 0.0662. The summed E-state index contributed by atoms with van der Waals surface area (Å²) in [5, 5.41) is 0.